The molecule has 0 radical (unpaired) electrons. The third-order valence-electron chi connectivity index (χ3n) is 2.96. The molecule has 6 heteroatoms. The van der Waals surface area contributed by atoms with Crippen LogP contribution >= 0.6 is 0 Å². The van der Waals surface area contributed by atoms with E-state index in [1.54, 1.807) is 30.3 Å². The van der Waals surface area contributed by atoms with Crippen LogP contribution in [-0.4, -0.2) is 18.1 Å². The smallest absolute Gasteiger partial charge is 0.417 e. The van der Waals surface area contributed by atoms with Crippen molar-refractivity contribution in [1.29, 1.82) is 0 Å². The van der Waals surface area contributed by atoms with Crippen LogP contribution in [0.15, 0.2) is 36.4 Å². The zero-order valence-corrected chi connectivity index (χ0v) is 11.4. The molecule has 110 valence electrons. The minimum Gasteiger partial charge on any atom is -0.465 e. The number of aromatic nitrogens is 1. The lowest BCUT2D eigenvalue weighted by Gasteiger charge is -2.15. The van der Waals surface area contributed by atoms with E-state index in [4.69, 9.17) is 0 Å². The Labute approximate surface area is 119 Å². The van der Waals surface area contributed by atoms with Crippen molar-refractivity contribution < 1.29 is 22.7 Å². The fraction of sp³-hybridized carbons (Fsp3) is 0.200. The third-order valence-corrected chi connectivity index (χ3v) is 2.96. The van der Waals surface area contributed by atoms with Gasteiger partial charge in [-0.3, -0.25) is 4.98 Å². The highest BCUT2D eigenvalue weighted by atomic mass is 19.4. The third kappa shape index (κ3) is 3.04. The van der Waals surface area contributed by atoms with Gasteiger partial charge in [-0.2, -0.15) is 13.2 Å². The Morgan fingerprint density at radius 3 is 2.33 bits per heavy atom. The van der Waals surface area contributed by atoms with Crippen molar-refractivity contribution in [3.8, 4) is 11.3 Å². The van der Waals surface area contributed by atoms with Gasteiger partial charge in [-0.25, -0.2) is 4.79 Å². The van der Waals surface area contributed by atoms with E-state index in [0.29, 0.717) is 5.56 Å². The van der Waals surface area contributed by atoms with Crippen molar-refractivity contribution in [2.24, 2.45) is 0 Å². The largest absolute Gasteiger partial charge is 0.465 e. The first-order chi connectivity index (χ1) is 9.84. The number of halogens is 3. The van der Waals surface area contributed by atoms with Gasteiger partial charge in [0.15, 0.2) is 0 Å². The molecule has 0 saturated heterocycles. The summed E-state index contributed by atoms with van der Waals surface area (Å²) < 4.78 is 44.0. The zero-order valence-electron chi connectivity index (χ0n) is 11.4. The first-order valence-electron chi connectivity index (χ1n) is 6.07. The van der Waals surface area contributed by atoms with Crippen LogP contribution < -0.4 is 0 Å². The lowest BCUT2D eigenvalue weighted by Crippen LogP contribution is -2.17. The SMILES string of the molecule is COC(=O)c1c(C(F)(F)F)cc(-c2ccccc2)nc1C. The number of ether oxygens (including phenoxy) is 1. The Kier molecular flexibility index (Phi) is 3.97. The minimum atomic E-state index is -4.67. The van der Waals surface area contributed by atoms with Crippen LogP contribution in [0.5, 0.6) is 0 Å². The molecule has 0 aliphatic carbocycles. The summed E-state index contributed by atoms with van der Waals surface area (Å²) in [7, 11) is 1.03. The van der Waals surface area contributed by atoms with Crippen LogP contribution in [0.2, 0.25) is 0 Å². The van der Waals surface area contributed by atoms with E-state index in [1.165, 1.54) is 6.92 Å². The Morgan fingerprint density at radius 2 is 1.81 bits per heavy atom. The Morgan fingerprint density at radius 1 is 1.19 bits per heavy atom. The van der Waals surface area contributed by atoms with Gasteiger partial charge < -0.3 is 4.74 Å². The monoisotopic (exact) mass is 295 g/mol. The van der Waals surface area contributed by atoms with Crippen molar-refractivity contribution in [3.63, 3.8) is 0 Å². The number of nitrogens with zero attached hydrogens (tertiary/aromatic N) is 1. The number of hydrogen-bond donors (Lipinski definition) is 0. The molecule has 1 heterocycles. The van der Waals surface area contributed by atoms with E-state index in [0.717, 1.165) is 13.2 Å². The molecule has 3 nitrogen and oxygen atoms in total. The van der Waals surface area contributed by atoms with Gasteiger partial charge in [0.05, 0.1) is 29.6 Å². The molecular formula is C15H12F3NO2. The van der Waals surface area contributed by atoms with Crippen molar-refractivity contribution in [2.45, 2.75) is 13.1 Å². The number of hydrogen-bond acceptors (Lipinski definition) is 3. The number of aryl methyl sites for hydroxylation is 1. The molecule has 21 heavy (non-hydrogen) atoms. The predicted octanol–water partition coefficient (Wildman–Crippen LogP) is 3.86. The lowest BCUT2D eigenvalue weighted by atomic mass is 10.0. The molecule has 0 aliphatic rings. The molecular weight excluding hydrogens is 283 g/mol. The summed E-state index contributed by atoms with van der Waals surface area (Å²) in [5.74, 6) is -1.05. The Hall–Kier alpha value is -2.37. The molecule has 0 spiro atoms. The van der Waals surface area contributed by atoms with Gasteiger partial charge in [0.1, 0.15) is 0 Å². The number of carbonyl (C=O) groups is 1. The van der Waals surface area contributed by atoms with E-state index in [1.807, 2.05) is 0 Å². The summed E-state index contributed by atoms with van der Waals surface area (Å²) in [4.78, 5) is 15.7. The maximum absolute atomic E-state index is 13.2. The van der Waals surface area contributed by atoms with Gasteiger partial charge in [-0.1, -0.05) is 30.3 Å². The molecule has 2 aromatic rings. The Bertz CT molecular complexity index is 667. The summed E-state index contributed by atoms with van der Waals surface area (Å²) in [6, 6.07) is 9.33. The van der Waals surface area contributed by atoms with Crippen molar-refractivity contribution >= 4 is 5.97 Å². The summed E-state index contributed by atoms with van der Waals surface area (Å²) in [5, 5.41) is 0. The van der Waals surface area contributed by atoms with Crippen LogP contribution in [0, 0.1) is 6.92 Å². The second-order valence-corrected chi connectivity index (χ2v) is 4.37. The average Bonchev–Trinajstić information content (AvgIpc) is 2.45. The maximum atomic E-state index is 13.2. The molecule has 0 N–H and O–H groups in total. The highest BCUT2D eigenvalue weighted by Gasteiger charge is 2.37. The lowest BCUT2D eigenvalue weighted by molar-refractivity contribution is -0.138. The number of rotatable bonds is 2. The van der Waals surface area contributed by atoms with Gasteiger partial charge in [-0.05, 0) is 13.0 Å². The molecule has 0 aliphatic heterocycles. The van der Waals surface area contributed by atoms with Crippen LogP contribution in [0.1, 0.15) is 21.6 Å². The van der Waals surface area contributed by atoms with E-state index < -0.39 is 23.3 Å². The van der Waals surface area contributed by atoms with Crippen molar-refractivity contribution in [2.75, 3.05) is 7.11 Å². The highest BCUT2D eigenvalue weighted by molar-refractivity contribution is 5.93. The molecule has 0 amide bonds. The van der Waals surface area contributed by atoms with Crippen molar-refractivity contribution in [3.05, 3.63) is 53.2 Å². The molecule has 2 rings (SSSR count). The second kappa shape index (κ2) is 5.55. The number of alkyl halides is 3. The van der Waals surface area contributed by atoms with Gasteiger partial charge >= 0.3 is 12.1 Å². The fourth-order valence-electron chi connectivity index (χ4n) is 2.01. The van der Waals surface area contributed by atoms with E-state index in [9.17, 15) is 18.0 Å². The number of methoxy groups -OCH3 is 1. The van der Waals surface area contributed by atoms with E-state index >= 15 is 0 Å². The van der Waals surface area contributed by atoms with Crippen LogP contribution in [-0.2, 0) is 10.9 Å². The first-order valence-corrected chi connectivity index (χ1v) is 6.07. The number of pyridine rings is 1. The molecule has 0 saturated carbocycles. The molecule has 0 fully saturated rings. The van der Waals surface area contributed by atoms with E-state index in [-0.39, 0.29) is 11.4 Å². The minimum absolute atomic E-state index is 0.0180. The van der Waals surface area contributed by atoms with Crippen LogP contribution in [0.4, 0.5) is 13.2 Å². The first kappa shape index (κ1) is 15.0. The van der Waals surface area contributed by atoms with Gasteiger partial charge in [-0.15, -0.1) is 0 Å². The molecule has 0 unspecified atom stereocenters. The topological polar surface area (TPSA) is 39.2 Å². The van der Waals surface area contributed by atoms with Gasteiger partial charge in [0.2, 0.25) is 0 Å². The quantitative estimate of drug-likeness (QED) is 0.790. The summed E-state index contributed by atoms with van der Waals surface area (Å²) in [6.45, 7) is 1.36. The zero-order chi connectivity index (χ0) is 15.6. The maximum Gasteiger partial charge on any atom is 0.417 e. The van der Waals surface area contributed by atoms with Gasteiger partial charge in [0, 0.05) is 5.56 Å². The molecule has 1 aromatic heterocycles. The van der Waals surface area contributed by atoms with E-state index in [2.05, 4.69) is 9.72 Å². The summed E-state index contributed by atoms with van der Waals surface area (Å²) in [5.41, 5.74) is -0.906. The Balaban J connectivity index is 2.69. The summed E-state index contributed by atoms with van der Waals surface area (Å²) >= 11 is 0. The van der Waals surface area contributed by atoms with Crippen LogP contribution in [0.25, 0.3) is 11.3 Å². The number of esters is 1. The van der Waals surface area contributed by atoms with Crippen molar-refractivity contribution in [1.82, 2.24) is 4.98 Å². The predicted molar refractivity (Wildman–Crippen MR) is 70.8 cm³/mol. The standard InChI is InChI=1S/C15H12F3NO2/c1-9-13(14(20)21-2)11(15(16,17)18)8-12(19-9)10-6-4-3-5-7-10/h3-8H,1-2H3. The normalized spacial score (nSPS) is 11.3. The fourth-order valence-corrected chi connectivity index (χ4v) is 2.01. The van der Waals surface area contributed by atoms with Gasteiger partial charge in [0.25, 0.3) is 0 Å². The average molecular weight is 295 g/mol. The number of benzene rings is 1. The molecule has 1 aromatic carbocycles. The second-order valence-electron chi connectivity index (χ2n) is 4.37. The molecule has 0 atom stereocenters. The highest BCUT2D eigenvalue weighted by Crippen LogP contribution is 2.35. The van der Waals surface area contributed by atoms with Crippen LogP contribution in [0.3, 0.4) is 0 Å². The molecule has 0 bridgehead atoms. The summed E-state index contributed by atoms with van der Waals surface area (Å²) in [6.07, 6.45) is -4.67. The number of carbonyl (C=O) groups excluding carboxylic acids is 1.